The molecule has 0 aliphatic heterocycles. The van der Waals surface area contributed by atoms with E-state index in [1.807, 2.05) is 36.4 Å². The molecule has 0 spiro atoms. The topological polar surface area (TPSA) is 73.7 Å². The lowest BCUT2D eigenvalue weighted by molar-refractivity contribution is 0.0976. The average molecular weight is 436 g/mol. The number of carbonyl (C=O) groups is 1. The number of hydrogen-bond donors (Lipinski definition) is 0. The maximum atomic E-state index is 13.5. The second-order valence-corrected chi connectivity index (χ2v) is 7.76. The van der Waals surface area contributed by atoms with Crippen molar-refractivity contribution < 1.29 is 14.3 Å². The molecule has 0 aliphatic carbocycles. The Balaban J connectivity index is 1.95. The largest absolute Gasteiger partial charge is 0.497 e. The summed E-state index contributed by atoms with van der Waals surface area (Å²) in [4.78, 5) is 27.2. The molecule has 2 aromatic carbocycles. The molecule has 1 amide bonds. The minimum atomic E-state index is -0.297. The van der Waals surface area contributed by atoms with Gasteiger partial charge in [-0.15, -0.1) is 0 Å². The summed E-state index contributed by atoms with van der Waals surface area (Å²) < 4.78 is 11.5. The minimum Gasteiger partial charge on any atom is -0.497 e. The van der Waals surface area contributed by atoms with E-state index in [2.05, 4.69) is 31.1 Å². The molecule has 1 heterocycles. The molecule has 168 valence electrons. The highest BCUT2D eigenvalue weighted by atomic mass is 16.5. The molecule has 0 atom stereocenters. The van der Waals surface area contributed by atoms with Gasteiger partial charge in [0, 0.05) is 18.9 Å². The van der Waals surface area contributed by atoms with E-state index >= 15 is 0 Å². The van der Waals surface area contributed by atoms with E-state index in [4.69, 9.17) is 9.47 Å². The first-order chi connectivity index (χ1) is 15.4. The van der Waals surface area contributed by atoms with Crippen molar-refractivity contribution in [2.24, 2.45) is 0 Å². The first-order valence-corrected chi connectivity index (χ1v) is 10.5. The molecule has 0 saturated heterocycles. The molecule has 7 heteroatoms. The number of hydrogen-bond acceptors (Lipinski definition) is 5. The molecule has 0 unspecified atom stereocenters. The van der Waals surface area contributed by atoms with Crippen LogP contribution in [0.2, 0.25) is 0 Å². The molecule has 32 heavy (non-hydrogen) atoms. The van der Waals surface area contributed by atoms with Crippen molar-refractivity contribution in [1.29, 1.82) is 0 Å². The van der Waals surface area contributed by atoms with Gasteiger partial charge in [0.2, 0.25) is 0 Å². The third-order valence-corrected chi connectivity index (χ3v) is 5.21. The molecule has 7 nitrogen and oxygen atoms in total. The summed E-state index contributed by atoms with van der Waals surface area (Å²) in [6.07, 6.45) is 0. The van der Waals surface area contributed by atoms with E-state index in [-0.39, 0.29) is 23.7 Å². The number of ether oxygens (including phenoxy) is 2. The van der Waals surface area contributed by atoms with Crippen LogP contribution in [0.25, 0.3) is 0 Å². The highest BCUT2D eigenvalue weighted by molar-refractivity contribution is 6.04. The fourth-order valence-corrected chi connectivity index (χ4v) is 3.27. The van der Waals surface area contributed by atoms with E-state index < -0.39 is 0 Å². The molecule has 0 bridgehead atoms. The van der Waals surface area contributed by atoms with Gasteiger partial charge >= 0.3 is 0 Å². The Hall–Kier alpha value is -3.45. The van der Waals surface area contributed by atoms with Gasteiger partial charge in [0.1, 0.15) is 11.4 Å². The maximum Gasteiger partial charge on any atom is 0.279 e. The van der Waals surface area contributed by atoms with Gasteiger partial charge in [-0.3, -0.25) is 9.59 Å². The molecule has 0 radical (unpaired) electrons. The number of aromatic nitrogens is 2. The highest BCUT2D eigenvalue weighted by Gasteiger charge is 2.21. The Bertz CT molecular complexity index is 1090. The quantitative estimate of drug-likeness (QED) is 0.510. The number of nitrogens with zero attached hydrogens (tertiary/aromatic N) is 3. The van der Waals surface area contributed by atoms with Crippen LogP contribution in [0, 0.1) is 0 Å². The van der Waals surface area contributed by atoms with Crippen molar-refractivity contribution in [3.05, 3.63) is 87.8 Å². The average Bonchev–Trinajstić information content (AvgIpc) is 2.82. The van der Waals surface area contributed by atoms with Crippen molar-refractivity contribution in [3.8, 4) is 5.75 Å². The standard InChI is InChI=1S/C25H29N3O4/c1-18(2)20-7-5-19(6-8-20)17-27(21-9-11-22(32-4)12-10-21)25(30)23-13-14-24(29)28(26-23)15-16-31-3/h5-14,18H,15-17H2,1-4H3. The second-order valence-electron chi connectivity index (χ2n) is 7.76. The van der Waals surface area contributed by atoms with Crippen molar-refractivity contribution in [2.75, 3.05) is 25.7 Å². The number of anilines is 1. The van der Waals surface area contributed by atoms with Gasteiger partial charge in [-0.25, -0.2) is 4.68 Å². The van der Waals surface area contributed by atoms with Crippen LogP contribution in [0.5, 0.6) is 5.75 Å². The first kappa shape index (κ1) is 23.2. The van der Waals surface area contributed by atoms with Gasteiger partial charge in [0.15, 0.2) is 0 Å². The van der Waals surface area contributed by atoms with Crippen LogP contribution in [-0.2, 0) is 17.8 Å². The van der Waals surface area contributed by atoms with E-state index in [0.717, 1.165) is 5.56 Å². The van der Waals surface area contributed by atoms with Crippen molar-refractivity contribution in [1.82, 2.24) is 9.78 Å². The zero-order valence-electron chi connectivity index (χ0n) is 18.9. The van der Waals surface area contributed by atoms with E-state index in [9.17, 15) is 9.59 Å². The number of carbonyl (C=O) groups excluding carboxylic acids is 1. The van der Waals surface area contributed by atoms with Gasteiger partial charge < -0.3 is 14.4 Å². The number of methoxy groups -OCH3 is 2. The highest BCUT2D eigenvalue weighted by Crippen LogP contribution is 2.24. The smallest absolute Gasteiger partial charge is 0.279 e. The predicted octanol–water partition coefficient (Wildman–Crippen LogP) is 3.87. The van der Waals surface area contributed by atoms with Crippen LogP contribution in [0.1, 0.15) is 41.4 Å². The van der Waals surface area contributed by atoms with Crippen LogP contribution in [0.15, 0.2) is 65.5 Å². The molecule has 3 rings (SSSR count). The Morgan fingerprint density at radius 2 is 1.69 bits per heavy atom. The van der Waals surface area contributed by atoms with Crippen LogP contribution in [0.4, 0.5) is 5.69 Å². The van der Waals surface area contributed by atoms with Crippen LogP contribution < -0.4 is 15.2 Å². The van der Waals surface area contributed by atoms with E-state index in [0.29, 0.717) is 30.5 Å². The molecule has 1 aromatic heterocycles. The van der Waals surface area contributed by atoms with Gasteiger partial charge in [-0.1, -0.05) is 38.1 Å². The third-order valence-electron chi connectivity index (χ3n) is 5.21. The third kappa shape index (κ3) is 5.62. The number of amides is 1. The number of benzene rings is 2. The SMILES string of the molecule is COCCn1nc(C(=O)N(Cc2ccc(C(C)C)cc2)c2ccc(OC)cc2)ccc1=O. The lowest BCUT2D eigenvalue weighted by atomic mass is 10.0. The predicted molar refractivity (Wildman–Crippen MR) is 124 cm³/mol. The zero-order chi connectivity index (χ0) is 23.1. The van der Waals surface area contributed by atoms with Crippen LogP contribution in [0.3, 0.4) is 0 Å². The summed E-state index contributed by atoms with van der Waals surface area (Å²) in [6.45, 7) is 5.26. The molecule has 0 N–H and O–H groups in total. The molecule has 0 fully saturated rings. The summed E-state index contributed by atoms with van der Waals surface area (Å²) >= 11 is 0. The fourth-order valence-electron chi connectivity index (χ4n) is 3.27. The number of rotatable bonds is 9. The van der Waals surface area contributed by atoms with Gasteiger partial charge in [0.25, 0.3) is 11.5 Å². The van der Waals surface area contributed by atoms with E-state index in [1.54, 1.807) is 19.1 Å². The lowest BCUT2D eigenvalue weighted by Crippen LogP contribution is -2.34. The molecular formula is C25H29N3O4. The summed E-state index contributed by atoms with van der Waals surface area (Å²) in [7, 11) is 3.15. The summed E-state index contributed by atoms with van der Waals surface area (Å²) in [5, 5.41) is 4.28. The van der Waals surface area contributed by atoms with Gasteiger partial charge in [-0.05, 0) is 47.4 Å². The normalized spacial score (nSPS) is 10.9. The molecule has 3 aromatic rings. The maximum absolute atomic E-state index is 13.5. The minimum absolute atomic E-state index is 0.190. The van der Waals surface area contributed by atoms with Crippen molar-refractivity contribution in [3.63, 3.8) is 0 Å². The first-order valence-electron chi connectivity index (χ1n) is 10.5. The monoisotopic (exact) mass is 435 g/mol. The second kappa shape index (κ2) is 10.7. The Kier molecular flexibility index (Phi) is 7.78. The zero-order valence-corrected chi connectivity index (χ0v) is 18.9. The van der Waals surface area contributed by atoms with Crippen molar-refractivity contribution in [2.45, 2.75) is 32.9 Å². The van der Waals surface area contributed by atoms with Crippen molar-refractivity contribution >= 4 is 11.6 Å². The lowest BCUT2D eigenvalue weighted by Gasteiger charge is -2.23. The molecular weight excluding hydrogens is 406 g/mol. The molecule has 0 aliphatic rings. The Morgan fingerprint density at radius 1 is 1.00 bits per heavy atom. The van der Waals surface area contributed by atoms with E-state index in [1.165, 1.54) is 22.4 Å². The van der Waals surface area contributed by atoms with Crippen LogP contribution >= 0.6 is 0 Å². The molecule has 0 saturated carbocycles. The Labute approximate surface area is 188 Å². The fraction of sp³-hybridized carbons (Fsp3) is 0.320. The Morgan fingerprint density at radius 3 is 2.28 bits per heavy atom. The van der Waals surface area contributed by atoms with Crippen LogP contribution in [-0.4, -0.2) is 36.5 Å². The summed E-state index contributed by atoms with van der Waals surface area (Å²) in [5.74, 6) is 0.837. The van der Waals surface area contributed by atoms with Gasteiger partial charge in [0.05, 0.1) is 26.8 Å². The van der Waals surface area contributed by atoms with Gasteiger partial charge in [-0.2, -0.15) is 5.10 Å². The summed E-state index contributed by atoms with van der Waals surface area (Å²) in [6, 6.07) is 18.3. The summed E-state index contributed by atoms with van der Waals surface area (Å²) in [5.41, 5.74) is 2.85.